The van der Waals surface area contributed by atoms with Crippen LogP contribution in [0.5, 0.6) is 0 Å². The average Bonchev–Trinajstić information content (AvgIpc) is 2.64. The van der Waals surface area contributed by atoms with Crippen molar-refractivity contribution in [3.8, 4) is 0 Å². The third kappa shape index (κ3) is 2.58. The summed E-state index contributed by atoms with van der Waals surface area (Å²) in [7, 11) is 1.66. The van der Waals surface area contributed by atoms with Gasteiger partial charge in [0, 0.05) is 44.7 Å². The summed E-state index contributed by atoms with van der Waals surface area (Å²) in [5, 5.41) is 5.17. The minimum Gasteiger partial charge on any atom is -0.367 e. The molecule has 7 heteroatoms. The average molecular weight is 322 g/mol. The molecule has 0 bridgehead atoms. The van der Waals surface area contributed by atoms with Crippen molar-refractivity contribution in [2.24, 2.45) is 7.05 Å². The van der Waals surface area contributed by atoms with E-state index in [0.29, 0.717) is 0 Å². The lowest BCUT2D eigenvalue weighted by Gasteiger charge is -2.36. The fraction of sp³-hybridized carbons (Fsp3) is 0.294. The summed E-state index contributed by atoms with van der Waals surface area (Å²) in [6.07, 6.45) is 3.37. The van der Waals surface area contributed by atoms with Crippen LogP contribution in [0, 0.1) is 0 Å². The number of anilines is 2. The first-order valence-corrected chi connectivity index (χ1v) is 7.95. The first-order valence-electron chi connectivity index (χ1n) is 7.95. The van der Waals surface area contributed by atoms with Gasteiger partial charge in [-0.2, -0.15) is 5.10 Å². The van der Waals surface area contributed by atoms with Crippen LogP contribution in [-0.2, 0) is 7.05 Å². The quantitative estimate of drug-likeness (QED) is 0.702. The predicted molar refractivity (Wildman–Crippen MR) is 93.4 cm³/mol. The summed E-state index contributed by atoms with van der Waals surface area (Å²) >= 11 is 0. The molecule has 0 radical (unpaired) electrons. The lowest BCUT2D eigenvalue weighted by molar-refractivity contribution is 0.639. The minimum absolute atomic E-state index is 0.0864. The van der Waals surface area contributed by atoms with Gasteiger partial charge >= 0.3 is 0 Å². The molecule has 0 atom stereocenters. The molecule has 122 valence electrons. The van der Waals surface area contributed by atoms with E-state index in [2.05, 4.69) is 30.9 Å². The number of aryl methyl sites for hydroxylation is 1. The number of fused-ring (bicyclic) bond motifs is 1. The van der Waals surface area contributed by atoms with Crippen LogP contribution >= 0.6 is 0 Å². The summed E-state index contributed by atoms with van der Waals surface area (Å²) in [4.78, 5) is 25.0. The Hall–Kier alpha value is -2.96. The van der Waals surface area contributed by atoms with E-state index in [-0.39, 0.29) is 5.56 Å². The van der Waals surface area contributed by atoms with Crippen molar-refractivity contribution >= 4 is 22.4 Å². The van der Waals surface area contributed by atoms with Gasteiger partial charge in [-0.25, -0.2) is 14.6 Å². The second-order valence-corrected chi connectivity index (χ2v) is 5.86. The van der Waals surface area contributed by atoms with Crippen molar-refractivity contribution in [1.82, 2.24) is 19.7 Å². The van der Waals surface area contributed by atoms with Crippen LogP contribution in [0.2, 0.25) is 0 Å². The van der Waals surface area contributed by atoms with Gasteiger partial charge in [-0.3, -0.25) is 4.79 Å². The van der Waals surface area contributed by atoms with Gasteiger partial charge < -0.3 is 9.80 Å². The first kappa shape index (κ1) is 14.6. The third-order valence-electron chi connectivity index (χ3n) is 4.42. The highest BCUT2D eigenvalue weighted by atomic mass is 16.1. The summed E-state index contributed by atoms with van der Waals surface area (Å²) in [5.74, 6) is 0.974. The summed E-state index contributed by atoms with van der Waals surface area (Å²) < 4.78 is 1.34. The maximum atomic E-state index is 11.8. The Morgan fingerprint density at radius 2 is 1.75 bits per heavy atom. The van der Waals surface area contributed by atoms with Crippen LogP contribution in [0.25, 0.3) is 10.9 Å². The third-order valence-corrected chi connectivity index (χ3v) is 4.42. The lowest BCUT2D eigenvalue weighted by Crippen LogP contribution is -2.47. The van der Waals surface area contributed by atoms with E-state index in [9.17, 15) is 4.79 Å². The number of hydrogen-bond acceptors (Lipinski definition) is 6. The summed E-state index contributed by atoms with van der Waals surface area (Å²) in [5.41, 5.74) is 1.75. The fourth-order valence-corrected chi connectivity index (χ4v) is 3.05. The van der Waals surface area contributed by atoms with Crippen molar-refractivity contribution in [3.05, 3.63) is 53.2 Å². The number of aromatic nitrogens is 4. The molecular weight excluding hydrogens is 304 g/mol. The number of hydrogen-bond donors (Lipinski definition) is 0. The second-order valence-electron chi connectivity index (χ2n) is 5.86. The molecule has 0 amide bonds. The van der Waals surface area contributed by atoms with Crippen LogP contribution in [0.4, 0.5) is 11.5 Å². The van der Waals surface area contributed by atoms with Crippen LogP contribution in [-0.4, -0.2) is 45.9 Å². The number of nitrogens with zero attached hydrogens (tertiary/aromatic N) is 6. The molecule has 0 spiro atoms. The highest BCUT2D eigenvalue weighted by Crippen LogP contribution is 2.24. The largest absolute Gasteiger partial charge is 0.367 e. The van der Waals surface area contributed by atoms with E-state index in [4.69, 9.17) is 0 Å². The SMILES string of the molecule is Cn1ncc(N2CCN(c3ncnc4ccccc34)CC2)cc1=O. The zero-order valence-corrected chi connectivity index (χ0v) is 13.5. The highest BCUT2D eigenvalue weighted by Gasteiger charge is 2.20. The molecular formula is C17H18N6O. The molecule has 0 unspecified atom stereocenters. The Balaban J connectivity index is 1.55. The molecule has 7 nitrogen and oxygen atoms in total. The van der Waals surface area contributed by atoms with Gasteiger partial charge in [0.05, 0.1) is 17.4 Å². The Morgan fingerprint density at radius 3 is 2.54 bits per heavy atom. The van der Waals surface area contributed by atoms with Crippen LogP contribution in [0.1, 0.15) is 0 Å². The molecule has 1 aliphatic heterocycles. The molecule has 4 rings (SSSR count). The summed E-state index contributed by atoms with van der Waals surface area (Å²) in [6, 6.07) is 9.70. The van der Waals surface area contributed by atoms with Gasteiger partial charge in [-0.1, -0.05) is 12.1 Å². The molecule has 0 N–H and O–H groups in total. The molecule has 2 aromatic heterocycles. The molecule has 0 saturated carbocycles. The molecule has 1 saturated heterocycles. The monoisotopic (exact) mass is 322 g/mol. The Labute approximate surface area is 139 Å². The van der Waals surface area contributed by atoms with Gasteiger partial charge in [-0.15, -0.1) is 0 Å². The molecule has 1 fully saturated rings. The Kier molecular flexibility index (Phi) is 3.60. The Morgan fingerprint density at radius 1 is 1.00 bits per heavy atom. The van der Waals surface area contributed by atoms with Crippen LogP contribution in [0.3, 0.4) is 0 Å². The maximum Gasteiger partial charge on any atom is 0.268 e. The standard InChI is InChI=1S/C17H18N6O/c1-21-16(24)10-13(11-20-21)22-6-8-23(9-7-22)17-14-4-2-3-5-15(14)18-12-19-17/h2-5,10-12H,6-9H2,1H3. The van der Waals surface area contributed by atoms with E-state index in [1.165, 1.54) is 4.68 Å². The van der Waals surface area contributed by atoms with Gasteiger partial charge in [0.2, 0.25) is 0 Å². The number of benzene rings is 1. The molecule has 24 heavy (non-hydrogen) atoms. The van der Waals surface area contributed by atoms with E-state index in [1.807, 2.05) is 18.2 Å². The topological polar surface area (TPSA) is 67.2 Å². The number of piperazine rings is 1. The normalized spacial score (nSPS) is 15.0. The number of rotatable bonds is 2. The zero-order chi connectivity index (χ0) is 16.5. The van der Waals surface area contributed by atoms with Gasteiger partial charge in [0.25, 0.3) is 5.56 Å². The molecule has 1 aliphatic rings. The van der Waals surface area contributed by atoms with Gasteiger partial charge in [0.15, 0.2) is 0 Å². The molecule has 1 aromatic carbocycles. The van der Waals surface area contributed by atoms with Crippen molar-refractivity contribution in [3.63, 3.8) is 0 Å². The molecule has 0 aliphatic carbocycles. The first-order chi connectivity index (χ1) is 11.7. The van der Waals surface area contributed by atoms with Crippen LogP contribution < -0.4 is 15.4 Å². The highest BCUT2D eigenvalue weighted by molar-refractivity contribution is 5.89. The minimum atomic E-state index is -0.0864. The lowest BCUT2D eigenvalue weighted by atomic mass is 10.2. The van der Waals surface area contributed by atoms with E-state index >= 15 is 0 Å². The Bertz CT molecular complexity index is 924. The van der Waals surface area contributed by atoms with Gasteiger partial charge in [-0.05, 0) is 12.1 Å². The van der Waals surface area contributed by atoms with Crippen molar-refractivity contribution in [1.29, 1.82) is 0 Å². The zero-order valence-electron chi connectivity index (χ0n) is 13.5. The predicted octanol–water partition coefficient (Wildman–Crippen LogP) is 1.05. The summed E-state index contributed by atoms with van der Waals surface area (Å²) in [6.45, 7) is 3.34. The fourth-order valence-electron chi connectivity index (χ4n) is 3.05. The van der Waals surface area contributed by atoms with Crippen molar-refractivity contribution in [2.45, 2.75) is 0 Å². The smallest absolute Gasteiger partial charge is 0.268 e. The van der Waals surface area contributed by atoms with E-state index < -0.39 is 0 Å². The van der Waals surface area contributed by atoms with E-state index in [0.717, 1.165) is 48.6 Å². The van der Waals surface area contributed by atoms with Crippen molar-refractivity contribution < 1.29 is 0 Å². The van der Waals surface area contributed by atoms with Crippen LogP contribution in [0.15, 0.2) is 47.7 Å². The molecule has 3 heterocycles. The second kappa shape index (κ2) is 5.92. The van der Waals surface area contributed by atoms with Crippen molar-refractivity contribution in [2.75, 3.05) is 36.0 Å². The van der Waals surface area contributed by atoms with E-state index in [1.54, 1.807) is 25.6 Å². The van der Waals surface area contributed by atoms with Gasteiger partial charge in [0.1, 0.15) is 12.1 Å². The maximum absolute atomic E-state index is 11.8. The number of para-hydroxylation sites is 1. The molecule has 3 aromatic rings.